The molecule has 108 valence electrons. The van der Waals surface area contributed by atoms with Crippen LogP contribution < -0.4 is 10.5 Å². The van der Waals surface area contributed by atoms with E-state index in [0.717, 1.165) is 17.7 Å². The second-order valence-corrected chi connectivity index (χ2v) is 4.41. The number of para-hydroxylation sites is 1. The maximum absolute atomic E-state index is 11.7. The zero-order chi connectivity index (χ0) is 13.5. The van der Waals surface area contributed by atoms with Gasteiger partial charge < -0.3 is 15.4 Å². The predicted molar refractivity (Wildman–Crippen MR) is 79.8 cm³/mol. The number of halogens is 1. The molecule has 4 nitrogen and oxygen atoms in total. The van der Waals surface area contributed by atoms with E-state index in [-0.39, 0.29) is 24.4 Å². The molecule has 1 amide bonds. The highest BCUT2D eigenvalue weighted by Crippen LogP contribution is 2.20. The van der Waals surface area contributed by atoms with Gasteiger partial charge in [0.05, 0.1) is 7.11 Å². The number of hydrogen-bond donors (Lipinski definition) is 1. The number of nitrogens with zero attached hydrogens (tertiary/aromatic N) is 1. The molecule has 19 heavy (non-hydrogen) atoms. The molecule has 1 rings (SSSR count). The van der Waals surface area contributed by atoms with Gasteiger partial charge in [-0.25, -0.2) is 0 Å². The summed E-state index contributed by atoms with van der Waals surface area (Å²) in [4.78, 5) is 13.5. The molecule has 0 saturated heterocycles. The monoisotopic (exact) mass is 286 g/mol. The van der Waals surface area contributed by atoms with Crippen molar-refractivity contribution in [2.45, 2.75) is 25.8 Å². The van der Waals surface area contributed by atoms with E-state index in [0.29, 0.717) is 13.0 Å². The van der Waals surface area contributed by atoms with Crippen LogP contribution in [0.4, 0.5) is 0 Å². The SMILES string of the molecule is COc1ccccc1CC(C)N(C)C(=O)CCN.Cl. The summed E-state index contributed by atoms with van der Waals surface area (Å²) in [6.07, 6.45) is 1.17. The van der Waals surface area contributed by atoms with Crippen molar-refractivity contribution >= 4 is 18.3 Å². The Bertz CT molecular complexity index is 399. The molecule has 1 aromatic rings. The number of carbonyl (C=O) groups excluding carboxylic acids is 1. The van der Waals surface area contributed by atoms with Gasteiger partial charge in [0.1, 0.15) is 5.75 Å². The van der Waals surface area contributed by atoms with Gasteiger partial charge in [-0.15, -0.1) is 12.4 Å². The number of amides is 1. The highest BCUT2D eigenvalue weighted by atomic mass is 35.5. The average Bonchev–Trinajstić information content (AvgIpc) is 2.38. The first-order chi connectivity index (χ1) is 8.60. The molecule has 0 radical (unpaired) electrons. The summed E-state index contributed by atoms with van der Waals surface area (Å²) in [6, 6.07) is 8.00. The predicted octanol–water partition coefficient (Wildman–Crippen LogP) is 1.86. The summed E-state index contributed by atoms with van der Waals surface area (Å²) < 4.78 is 5.31. The Balaban J connectivity index is 0.00000324. The fourth-order valence-corrected chi connectivity index (χ4v) is 1.87. The van der Waals surface area contributed by atoms with Crippen LogP contribution in [0.3, 0.4) is 0 Å². The molecule has 0 aromatic heterocycles. The highest BCUT2D eigenvalue weighted by molar-refractivity contribution is 5.85. The summed E-state index contributed by atoms with van der Waals surface area (Å²) in [7, 11) is 3.48. The van der Waals surface area contributed by atoms with Crippen LogP contribution in [0, 0.1) is 0 Å². The molecule has 1 unspecified atom stereocenters. The van der Waals surface area contributed by atoms with Crippen LogP contribution in [0.2, 0.25) is 0 Å². The van der Waals surface area contributed by atoms with Crippen molar-refractivity contribution in [1.29, 1.82) is 0 Å². The Morgan fingerprint density at radius 2 is 2.05 bits per heavy atom. The number of methoxy groups -OCH3 is 1. The van der Waals surface area contributed by atoms with E-state index in [1.807, 2.05) is 38.2 Å². The van der Waals surface area contributed by atoms with E-state index in [9.17, 15) is 4.79 Å². The van der Waals surface area contributed by atoms with Gasteiger partial charge in [-0.3, -0.25) is 4.79 Å². The summed E-state index contributed by atoms with van der Waals surface area (Å²) >= 11 is 0. The lowest BCUT2D eigenvalue weighted by Gasteiger charge is -2.25. The molecular weight excluding hydrogens is 264 g/mol. The molecule has 1 atom stereocenters. The lowest BCUT2D eigenvalue weighted by atomic mass is 10.0. The number of nitrogens with two attached hydrogens (primary N) is 1. The van der Waals surface area contributed by atoms with Crippen molar-refractivity contribution in [3.63, 3.8) is 0 Å². The van der Waals surface area contributed by atoms with E-state index < -0.39 is 0 Å². The molecule has 0 aliphatic rings. The van der Waals surface area contributed by atoms with Crippen molar-refractivity contribution in [2.24, 2.45) is 5.73 Å². The molecule has 0 fully saturated rings. The van der Waals surface area contributed by atoms with Crippen molar-refractivity contribution < 1.29 is 9.53 Å². The smallest absolute Gasteiger partial charge is 0.223 e. The standard InChI is InChI=1S/C14H22N2O2.ClH/c1-11(16(2)14(17)8-9-15)10-12-6-4-5-7-13(12)18-3;/h4-7,11H,8-10,15H2,1-3H3;1H. The van der Waals surface area contributed by atoms with Crippen LogP contribution in [0.5, 0.6) is 5.75 Å². The third-order valence-electron chi connectivity index (χ3n) is 3.12. The first-order valence-electron chi connectivity index (χ1n) is 6.17. The quantitative estimate of drug-likeness (QED) is 0.868. The van der Waals surface area contributed by atoms with Gasteiger partial charge in [-0.1, -0.05) is 18.2 Å². The molecule has 0 bridgehead atoms. The maximum atomic E-state index is 11.7. The van der Waals surface area contributed by atoms with Crippen LogP contribution in [-0.2, 0) is 11.2 Å². The maximum Gasteiger partial charge on any atom is 0.223 e. The van der Waals surface area contributed by atoms with E-state index in [4.69, 9.17) is 10.5 Å². The van der Waals surface area contributed by atoms with Gasteiger partial charge >= 0.3 is 0 Å². The number of carbonyl (C=O) groups is 1. The minimum Gasteiger partial charge on any atom is -0.496 e. The zero-order valence-electron chi connectivity index (χ0n) is 11.8. The van der Waals surface area contributed by atoms with Crippen molar-refractivity contribution in [3.8, 4) is 5.75 Å². The molecule has 0 saturated carbocycles. The van der Waals surface area contributed by atoms with E-state index >= 15 is 0 Å². The Kier molecular flexibility index (Phi) is 8.19. The number of ether oxygens (including phenoxy) is 1. The molecule has 0 aliphatic heterocycles. The Morgan fingerprint density at radius 1 is 1.42 bits per heavy atom. The molecule has 1 aromatic carbocycles. The summed E-state index contributed by atoms with van der Waals surface area (Å²) in [5, 5.41) is 0. The van der Waals surface area contributed by atoms with Crippen molar-refractivity contribution in [2.75, 3.05) is 20.7 Å². The lowest BCUT2D eigenvalue weighted by molar-refractivity contribution is -0.131. The van der Waals surface area contributed by atoms with Crippen LogP contribution in [0.25, 0.3) is 0 Å². The third kappa shape index (κ3) is 5.09. The van der Waals surface area contributed by atoms with Crippen LogP contribution >= 0.6 is 12.4 Å². The summed E-state index contributed by atoms with van der Waals surface area (Å²) in [5.41, 5.74) is 6.51. The van der Waals surface area contributed by atoms with Crippen molar-refractivity contribution in [1.82, 2.24) is 4.90 Å². The van der Waals surface area contributed by atoms with Gasteiger partial charge in [0.15, 0.2) is 0 Å². The molecule has 0 aliphatic carbocycles. The topological polar surface area (TPSA) is 55.6 Å². The fourth-order valence-electron chi connectivity index (χ4n) is 1.87. The van der Waals surface area contributed by atoms with E-state index in [1.165, 1.54) is 0 Å². The summed E-state index contributed by atoms with van der Waals surface area (Å²) in [5.74, 6) is 0.948. The number of likely N-dealkylation sites (N-methyl/N-ethyl adjacent to an activating group) is 1. The number of rotatable bonds is 6. The number of hydrogen-bond acceptors (Lipinski definition) is 3. The van der Waals surface area contributed by atoms with Gasteiger partial charge in [-0.05, 0) is 25.0 Å². The normalized spacial score (nSPS) is 11.4. The Morgan fingerprint density at radius 3 is 2.63 bits per heavy atom. The zero-order valence-corrected chi connectivity index (χ0v) is 12.6. The molecular formula is C14H23ClN2O2. The van der Waals surface area contributed by atoms with E-state index in [1.54, 1.807) is 12.0 Å². The Hall–Kier alpha value is -1.26. The second-order valence-electron chi connectivity index (χ2n) is 4.41. The third-order valence-corrected chi connectivity index (χ3v) is 3.12. The van der Waals surface area contributed by atoms with Crippen molar-refractivity contribution in [3.05, 3.63) is 29.8 Å². The average molecular weight is 287 g/mol. The lowest BCUT2D eigenvalue weighted by Crippen LogP contribution is -2.37. The van der Waals surface area contributed by atoms with Crippen LogP contribution in [0.1, 0.15) is 18.9 Å². The first kappa shape index (κ1) is 17.7. The minimum atomic E-state index is 0. The highest BCUT2D eigenvalue weighted by Gasteiger charge is 2.16. The largest absolute Gasteiger partial charge is 0.496 e. The second kappa shape index (κ2) is 8.77. The molecule has 2 N–H and O–H groups in total. The van der Waals surface area contributed by atoms with Gasteiger partial charge in [-0.2, -0.15) is 0 Å². The van der Waals surface area contributed by atoms with E-state index in [2.05, 4.69) is 0 Å². The molecule has 0 heterocycles. The fraction of sp³-hybridized carbons (Fsp3) is 0.500. The van der Waals surface area contributed by atoms with Crippen LogP contribution in [0.15, 0.2) is 24.3 Å². The van der Waals surface area contributed by atoms with Gasteiger partial charge in [0.25, 0.3) is 0 Å². The minimum absolute atomic E-state index is 0. The first-order valence-corrected chi connectivity index (χ1v) is 6.17. The summed E-state index contributed by atoms with van der Waals surface area (Å²) in [6.45, 7) is 2.42. The Labute approximate surface area is 121 Å². The van der Waals surface area contributed by atoms with Gasteiger partial charge in [0, 0.05) is 26.1 Å². The van der Waals surface area contributed by atoms with Crippen LogP contribution in [-0.4, -0.2) is 37.6 Å². The molecule has 5 heteroatoms. The number of benzene rings is 1. The van der Waals surface area contributed by atoms with Gasteiger partial charge in [0.2, 0.25) is 5.91 Å². The molecule has 0 spiro atoms.